The highest BCUT2D eigenvalue weighted by Crippen LogP contribution is 2.44. The third kappa shape index (κ3) is 5.55. The fourth-order valence-corrected chi connectivity index (χ4v) is 6.38. The molecule has 6 aromatic rings. The molecule has 0 spiro atoms. The predicted molar refractivity (Wildman–Crippen MR) is 167 cm³/mol. The number of fused-ring (bicyclic) bond motifs is 2. The Bertz CT molecular complexity index is 2000. The Kier molecular flexibility index (Phi) is 7.81. The van der Waals surface area contributed by atoms with E-state index in [2.05, 4.69) is 15.7 Å². The summed E-state index contributed by atoms with van der Waals surface area (Å²) in [6.45, 7) is 0. The van der Waals surface area contributed by atoms with Gasteiger partial charge in [-0.15, -0.1) is 4.33 Å². The highest BCUT2D eigenvalue weighted by atomic mass is 32.2. The van der Waals surface area contributed by atoms with Crippen LogP contribution >= 0.6 is 12.0 Å². The van der Waals surface area contributed by atoms with Crippen molar-refractivity contribution in [3.63, 3.8) is 0 Å². The molecule has 210 valence electrons. The summed E-state index contributed by atoms with van der Waals surface area (Å²) in [4.78, 5) is 0.476. The van der Waals surface area contributed by atoms with Gasteiger partial charge in [0.15, 0.2) is 0 Å². The predicted octanol–water partition coefficient (Wildman–Crippen LogP) is 8.82. The van der Waals surface area contributed by atoms with Crippen molar-refractivity contribution >= 4 is 66.5 Å². The molecule has 0 amide bonds. The van der Waals surface area contributed by atoms with E-state index in [-0.39, 0.29) is 4.90 Å². The minimum Gasteiger partial charge on any atom is -0.355 e. The molecule has 0 aromatic heterocycles. The van der Waals surface area contributed by atoms with E-state index in [1.807, 2.05) is 109 Å². The average Bonchev–Trinajstić information content (AvgIpc) is 3.01. The first-order valence-corrected chi connectivity index (χ1v) is 15.0. The summed E-state index contributed by atoms with van der Waals surface area (Å²) < 4.78 is 40.1. The molecule has 0 fully saturated rings. The minimum atomic E-state index is -4.55. The summed E-state index contributed by atoms with van der Waals surface area (Å²) in [5, 5.41) is 22.1. The maximum absolute atomic E-state index is 12.5. The molecule has 0 saturated carbocycles. The molecule has 0 radical (unpaired) electrons. The first-order valence-electron chi connectivity index (χ1n) is 12.8. The van der Waals surface area contributed by atoms with Crippen LogP contribution in [0, 0.1) is 0 Å². The molecule has 42 heavy (non-hydrogen) atoms. The molecular weight excluding hydrogens is 572 g/mol. The maximum Gasteiger partial charge on any atom is 0.295 e. The lowest BCUT2D eigenvalue weighted by atomic mass is 9.92. The Morgan fingerprint density at radius 1 is 0.595 bits per heavy atom. The van der Waals surface area contributed by atoms with Gasteiger partial charge in [0.1, 0.15) is 4.90 Å². The summed E-state index contributed by atoms with van der Waals surface area (Å²) in [5.41, 5.74) is 4.54. The van der Waals surface area contributed by atoms with Crippen molar-refractivity contribution in [1.29, 1.82) is 0 Å². The van der Waals surface area contributed by atoms with Gasteiger partial charge in [0.05, 0.1) is 12.0 Å². The van der Waals surface area contributed by atoms with E-state index < -0.39 is 10.1 Å². The van der Waals surface area contributed by atoms with E-state index in [1.54, 1.807) is 6.07 Å². The van der Waals surface area contributed by atoms with Gasteiger partial charge in [-0.25, -0.2) is 5.26 Å². The van der Waals surface area contributed by atoms with Crippen molar-refractivity contribution in [1.82, 2.24) is 0 Å². The van der Waals surface area contributed by atoms with Gasteiger partial charge in [-0.3, -0.25) is 4.55 Å². The zero-order valence-corrected chi connectivity index (χ0v) is 23.5. The van der Waals surface area contributed by atoms with E-state index in [0.29, 0.717) is 21.4 Å². The van der Waals surface area contributed by atoms with Crippen LogP contribution < -0.4 is 10.6 Å². The van der Waals surface area contributed by atoms with Gasteiger partial charge in [0.25, 0.3) is 10.1 Å². The lowest BCUT2D eigenvalue weighted by Gasteiger charge is -2.19. The van der Waals surface area contributed by atoms with Crippen molar-refractivity contribution < 1.29 is 27.6 Å². The molecule has 8 nitrogen and oxygen atoms in total. The van der Waals surface area contributed by atoms with Crippen LogP contribution in [-0.4, -0.2) is 18.2 Å². The monoisotopic (exact) mass is 596 g/mol. The Morgan fingerprint density at radius 2 is 1.12 bits per heavy atom. The van der Waals surface area contributed by atoms with E-state index >= 15 is 0 Å². The highest BCUT2D eigenvalue weighted by Gasteiger charge is 2.21. The molecule has 6 aromatic carbocycles. The number of hydrogen-bond acceptors (Lipinski definition) is 8. The second-order valence-corrected chi connectivity index (χ2v) is 11.5. The Labute approximate surface area is 246 Å². The molecule has 0 heterocycles. The molecule has 0 unspecified atom stereocenters. The zero-order chi connectivity index (χ0) is 29.1. The van der Waals surface area contributed by atoms with Crippen molar-refractivity contribution in [2.24, 2.45) is 0 Å². The van der Waals surface area contributed by atoms with Gasteiger partial charge < -0.3 is 10.6 Å². The SMILES string of the molecule is O=S(=O)(O)c1cccc2c(-c3ccc(Nc4ccccc4)c4c(SOOO)cccc34)ccc(Nc3ccccc3)c12. The zero-order valence-electron chi connectivity index (χ0n) is 21.9. The molecular formula is C32H24N2O6S2. The van der Waals surface area contributed by atoms with Gasteiger partial charge in [-0.2, -0.15) is 8.42 Å². The van der Waals surface area contributed by atoms with Crippen molar-refractivity contribution in [3.05, 3.63) is 121 Å². The van der Waals surface area contributed by atoms with E-state index in [4.69, 9.17) is 9.59 Å². The largest absolute Gasteiger partial charge is 0.355 e. The number of hydrogen-bond donors (Lipinski definition) is 4. The summed E-state index contributed by atoms with van der Waals surface area (Å²) >= 11 is 0.857. The topological polar surface area (TPSA) is 117 Å². The number of rotatable bonds is 9. The Balaban J connectivity index is 1.60. The molecule has 0 saturated heterocycles. The molecule has 0 aliphatic heterocycles. The second-order valence-electron chi connectivity index (χ2n) is 9.36. The maximum atomic E-state index is 12.5. The molecule has 6 rings (SSSR count). The molecule has 0 aliphatic rings. The molecule has 0 atom stereocenters. The fourth-order valence-electron chi connectivity index (χ4n) is 5.11. The Morgan fingerprint density at radius 3 is 1.67 bits per heavy atom. The first kappa shape index (κ1) is 27.7. The number of nitrogens with one attached hydrogen (secondary N) is 2. The van der Waals surface area contributed by atoms with E-state index in [9.17, 15) is 13.0 Å². The Hall–Kier alpha value is -4.42. The fraction of sp³-hybridized carbons (Fsp3) is 0. The summed E-state index contributed by atoms with van der Waals surface area (Å²) in [6.07, 6.45) is 0. The summed E-state index contributed by atoms with van der Waals surface area (Å²) in [7, 11) is -4.55. The van der Waals surface area contributed by atoms with Crippen LogP contribution in [0.3, 0.4) is 0 Å². The standard InChI is InChI=1S/C32H24N2O6S2/c35-39-40-41-29-15-7-13-25-23(17-19-27(31(25)29)33-21-9-3-1-4-10-21)24-18-20-28(34-22-11-5-2-6-12-22)32-26(24)14-8-16-30(32)42(36,37)38/h1-20,33-35H,(H,36,37,38). The molecule has 4 N–H and O–H groups in total. The first-order chi connectivity index (χ1) is 20.4. The van der Waals surface area contributed by atoms with Gasteiger partial charge >= 0.3 is 0 Å². The third-order valence-electron chi connectivity index (χ3n) is 6.83. The smallest absolute Gasteiger partial charge is 0.295 e. The number of benzene rings is 6. The van der Waals surface area contributed by atoms with Crippen molar-refractivity contribution in [3.8, 4) is 11.1 Å². The molecule has 10 heteroatoms. The second kappa shape index (κ2) is 11.8. The lowest BCUT2D eigenvalue weighted by molar-refractivity contribution is -0.432. The van der Waals surface area contributed by atoms with Crippen LogP contribution in [0.25, 0.3) is 32.7 Å². The third-order valence-corrected chi connectivity index (χ3v) is 8.38. The average molecular weight is 597 g/mol. The van der Waals surface area contributed by atoms with Gasteiger partial charge in [-0.1, -0.05) is 77.8 Å². The van der Waals surface area contributed by atoms with E-state index in [0.717, 1.165) is 51.0 Å². The van der Waals surface area contributed by atoms with Gasteiger partial charge in [0, 0.05) is 38.4 Å². The highest BCUT2D eigenvalue weighted by molar-refractivity contribution is 7.94. The van der Waals surface area contributed by atoms with E-state index in [1.165, 1.54) is 6.07 Å². The van der Waals surface area contributed by atoms with Crippen molar-refractivity contribution in [2.45, 2.75) is 9.79 Å². The van der Waals surface area contributed by atoms with Crippen LogP contribution in [0.15, 0.2) is 131 Å². The normalized spacial score (nSPS) is 11.6. The van der Waals surface area contributed by atoms with Crippen molar-refractivity contribution in [2.75, 3.05) is 10.6 Å². The quantitative estimate of drug-likeness (QED) is 0.0562. The van der Waals surface area contributed by atoms with Crippen LogP contribution in [0.5, 0.6) is 0 Å². The van der Waals surface area contributed by atoms with Crippen LogP contribution in [0.2, 0.25) is 0 Å². The van der Waals surface area contributed by atoms with Crippen LogP contribution in [-0.2, 0) is 19.5 Å². The van der Waals surface area contributed by atoms with Crippen LogP contribution in [0.1, 0.15) is 0 Å². The minimum absolute atomic E-state index is 0.198. The summed E-state index contributed by atoms with van der Waals surface area (Å²) in [5.74, 6) is 0. The number of anilines is 4. The molecule has 0 bridgehead atoms. The van der Waals surface area contributed by atoms with Gasteiger partial charge in [-0.05, 0) is 70.4 Å². The lowest BCUT2D eigenvalue weighted by Crippen LogP contribution is -2.02. The summed E-state index contributed by atoms with van der Waals surface area (Å²) in [6, 6.07) is 37.2. The number of para-hydroxylation sites is 2. The van der Waals surface area contributed by atoms with Gasteiger partial charge in [0.2, 0.25) is 0 Å². The van der Waals surface area contributed by atoms with Crippen LogP contribution in [0.4, 0.5) is 22.7 Å². The molecule has 0 aliphatic carbocycles.